The number of aromatic carboxylic acids is 1. The summed E-state index contributed by atoms with van der Waals surface area (Å²) in [6.45, 7) is 0. The Morgan fingerprint density at radius 1 is 1.28 bits per heavy atom. The molecule has 0 aliphatic heterocycles. The number of carboxylic acid groups (broad SMARTS) is 1. The molecule has 0 saturated heterocycles. The quantitative estimate of drug-likeness (QED) is 0.890. The predicted molar refractivity (Wildman–Crippen MR) is 62.6 cm³/mol. The van der Waals surface area contributed by atoms with Gasteiger partial charge in [-0.1, -0.05) is 0 Å². The maximum atomic E-state index is 12.1. The summed E-state index contributed by atoms with van der Waals surface area (Å²) in [5, 5.41) is 8.92. The molecule has 0 fully saturated rings. The Labute approximate surface area is 102 Å². The number of carbonyl (C=O) groups excluding carboxylic acids is 1. The number of furan rings is 1. The molecule has 2 aromatic heterocycles. The van der Waals surface area contributed by atoms with Crippen LogP contribution in [0.1, 0.15) is 20.9 Å². The molecule has 18 heavy (non-hydrogen) atoms. The zero-order valence-electron chi connectivity index (χ0n) is 9.53. The number of hydrogen-bond acceptors (Lipinski definition) is 4. The van der Waals surface area contributed by atoms with E-state index in [1.807, 2.05) is 0 Å². The second kappa shape index (κ2) is 4.70. The minimum absolute atomic E-state index is 0.152. The third-order valence-corrected chi connectivity index (χ3v) is 2.44. The van der Waals surface area contributed by atoms with Gasteiger partial charge in [0.2, 0.25) is 5.76 Å². The summed E-state index contributed by atoms with van der Waals surface area (Å²) in [4.78, 5) is 28.1. The number of carbonyl (C=O) groups is 2. The van der Waals surface area contributed by atoms with E-state index in [1.54, 1.807) is 24.5 Å². The topological polar surface area (TPSA) is 83.6 Å². The summed E-state index contributed by atoms with van der Waals surface area (Å²) in [6.07, 6.45) is 4.26. The van der Waals surface area contributed by atoms with Gasteiger partial charge in [0.25, 0.3) is 5.91 Å². The van der Waals surface area contributed by atoms with E-state index in [4.69, 9.17) is 9.52 Å². The van der Waals surface area contributed by atoms with Crippen LogP contribution >= 0.6 is 0 Å². The summed E-state index contributed by atoms with van der Waals surface area (Å²) in [7, 11) is 1.53. The van der Waals surface area contributed by atoms with Gasteiger partial charge in [0, 0.05) is 25.1 Å². The Hall–Kier alpha value is -2.63. The third-order valence-electron chi connectivity index (χ3n) is 2.44. The number of anilines is 1. The molecule has 6 heteroatoms. The highest BCUT2D eigenvalue weighted by Gasteiger charge is 2.23. The van der Waals surface area contributed by atoms with Gasteiger partial charge in [0.05, 0.1) is 6.26 Å². The lowest BCUT2D eigenvalue weighted by Crippen LogP contribution is -2.27. The van der Waals surface area contributed by atoms with Gasteiger partial charge >= 0.3 is 5.97 Å². The fourth-order valence-corrected chi connectivity index (χ4v) is 1.48. The molecule has 1 amide bonds. The van der Waals surface area contributed by atoms with Crippen molar-refractivity contribution in [2.75, 3.05) is 11.9 Å². The van der Waals surface area contributed by atoms with Crippen LogP contribution in [0.15, 0.2) is 41.3 Å². The molecule has 0 aliphatic rings. The first kappa shape index (κ1) is 11.8. The molecule has 2 heterocycles. The van der Waals surface area contributed by atoms with E-state index in [0.29, 0.717) is 5.69 Å². The molecule has 0 bridgehead atoms. The second-order valence-electron chi connectivity index (χ2n) is 3.54. The Morgan fingerprint density at radius 3 is 2.56 bits per heavy atom. The Balaban J connectivity index is 2.32. The maximum Gasteiger partial charge on any atom is 0.339 e. The Bertz CT molecular complexity index is 577. The minimum Gasteiger partial charge on any atom is -0.478 e. The van der Waals surface area contributed by atoms with Crippen LogP contribution in [0.5, 0.6) is 0 Å². The van der Waals surface area contributed by atoms with E-state index < -0.39 is 11.9 Å². The van der Waals surface area contributed by atoms with Crippen LogP contribution < -0.4 is 4.90 Å². The second-order valence-corrected chi connectivity index (χ2v) is 3.54. The minimum atomic E-state index is -1.20. The lowest BCUT2D eigenvalue weighted by atomic mass is 10.2. The average Bonchev–Trinajstić information content (AvgIpc) is 2.87. The van der Waals surface area contributed by atoms with Crippen molar-refractivity contribution in [2.24, 2.45) is 0 Å². The first-order chi connectivity index (χ1) is 8.61. The van der Waals surface area contributed by atoms with E-state index in [-0.39, 0.29) is 11.3 Å². The van der Waals surface area contributed by atoms with Crippen LogP contribution in [0.3, 0.4) is 0 Å². The van der Waals surface area contributed by atoms with Crippen molar-refractivity contribution in [2.45, 2.75) is 0 Å². The number of rotatable bonds is 3. The SMILES string of the molecule is CN(C(=O)c1occc1C(=O)O)c1ccncc1. The molecule has 6 nitrogen and oxygen atoms in total. The summed E-state index contributed by atoms with van der Waals surface area (Å²) in [5.74, 6) is -1.92. The first-order valence-electron chi connectivity index (χ1n) is 5.10. The van der Waals surface area contributed by atoms with E-state index in [2.05, 4.69) is 4.98 Å². The number of amides is 1. The van der Waals surface area contributed by atoms with Crippen LogP contribution in [0.2, 0.25) is 0 Å². The van der Waals surface area contributed by atoms with Gasteiger partial charge in [-0.2, -0.15) is 0 Å². The number of carboxylic acids is 1. The number of aromatic nitrogens is 1. The van der Waals surface area contributed by atoms with Gasteiger partial charge in [0.1, 0.15) is 5.56 Å². The van der Waals surface area contributed by atoms with Gasteiger partial charge in [-0.3, -0.25) is 9.78 Å². The molecule has 0 unspecified atom stereocenters. The highest BCUT2D eigenvalue weighted by Crippen LogP contribution is 2.17. The van der Waals surface area contributed by atoms with E-state index >= 15 is 0 Å². The van der Waals surface area contributed by atoms with Crippen LogP contribution in [-0.2, 0) is 0 Å². The van der Waals surface area contributed by atoms with Gasteiger partial charge in [-0.15, -0.1) is 0 Å². The largest absolute Gasteiger partial charge is 0.478 e. The van der Waals surface area contributed by atoms with Crippen molar-refractivity contribution >= 4 is 17.6 Å². The van der Waals surface area contributed by atoms with Crippen molar-refractivity contribution in [3.8, 4) is 0 Å². The Kier molecular flexibility index (Phi) is 3.09. The smallest absolute Gasteiger partial charge is 0.339 e. The number of pyridine rings is 1. The average molecular weight is 246 g/mol. The van der Waals surface area contributed by atoms with E-state index in [1.165, 1.54) is 24.3 Å². The monoisotopic (exact) mass is 246 g/mol. The molecule has 0 spiro atoms. The van der Waals surface area contributed by atoms with Crippen molar-refractivity contribution in [1.82, 2.24) is 4.98 Å². The summed E-state index contributed by atoms with van der Waals surface area (Å²) in [6, 6.07) is 4.53. The molecule has 92 valence electrons. The standard InChI is InChI=1S/C12H10N2O4/c1-14(8-2-5-13-6-3-8)11(15)10-9(12(16)17)4-7-18-10/h2-7H,1H3,(H,16,17). The third kappa shape index (κ3) is 2.08. The van der Waals surface area contributed by atoms with Crippen LogP contribution in [0.4, 0.5) is 5.69 Å². The van der Waals surface area contributed by atoms with E-state index in [0.717, 1.165) is 0 Å². The lowest BCUT2D eigenvalue weighted by molar-refractivity contribution is 0.0689. The van der Waals surface area contributed by atoms with Crippen LogP contribution in [0, 0.1) is 0 Å². The van der Waals surface area contributed by atoms with Crippen molar-refractivity contribution in [3.63, 3.8) is 0 Å². The molecule has 2 rings (SSSR count). The lowest BCUT2D eigenvalue weighted by Gasteiger charge is -2.15. The molecule has 0 saturated carbocycles. The zero-order chi connectivity index (χ0) is 13.1. The molecule has 0 atom stereocenters. The normalized spacial score (nSPS) is 10.1. The molecular formula is C12H10N2O4. The molecule has 0 aromatic carbocycles. The van der Waals surface area contributed by atoms with Crippen LogP contribution in [-0.4, -0.2) is 29.0 Å². The molecule has 0 aliphatic carbocycles. The van der Waals surface area contributed by atoms with Crippen molar-refractivity contribution in [1.29, 1.82) is 0 Å². The van der Waals surface area contributed by atoms with Crippen molar-refractivity contribution < 1.29 is 19.1 Å². The van der Waals surface area contributed by atoms with Crippen molar-refractivity contribution in [3.05, 3.63) is 48.2 Å². The summed E-state index contributed by atoms with van der Waals surface area (Å²) < 4.78 is 4.94. The molecule has 2 aromatic rings. The predicted octanol–water partition coefficient (Wildman–Crippen LogP) is 1.65. The van der Waals surface area contributed by atoms with E-state index in [9.17, 15) is 9.59 Å². The highest BCUT2D eigenvalue weighted by molar-refractivity contribution is 6.09. The fraction of sp³-hybridized carbons (Fsp3) is 0.0833. The van der Waals surface area contributed by atoms with Gasteiger partial charge in [-0.25, -0.2) is 4.79 Å². The molecule has 0 radical (unpaired) electrons. The van der Waals surface area contributed by atoms with Crippen LogP contribution in [0.25, 0.3) is 0 Å². The van der Waals surface area contributed by atoms with Gasteiger partial charge < -0.3 is 14.4 Å². The zero-order valence-corrected chi connectivity index (χ0v) is 9.53. The number of nitrogens with zero attached hydrogens (tertiary/aromatic N) is 2. The fourth-order valence-electron chi connectivity index (χ4n) is 1.48. The first-order valence-corrected chi connectivity index (χ1v) is 5.10. The maximum absolute atomic E-state index is 12.1. The number of hydrogen-bond donors (Lipinski definition) is 1. The van der Waals surface area contributed by atoms with Gasteiger partial charge in [0.15, 0.2) is 0 Å². The molecular weight excluding hydrogens is 236 g/mol. The summed E-state index contributed by atoms with van der Waals surface area (Å²) in [5.41, 5.74) is 0.448. The Morgan fingerprint density at radius 2 is 1.94 bits per heavy atom. The summed E-state index contributed by atoms with van der Waals surface area (Å²) >= 11 is 0. The molecule has 1 N–H and O–H groups in total. The highest BCUT2D eigenvalue weighted by atomic mass is 16.4. The van der Waals surface area contributed by atoms with Gasteiger partial charge in [-0.05, 0) is 18.2 Å².